The number of nitro benzene ring substituents is 1. The lowest BCUT2D eigenvalue weighted by Gasteiger charge is -2.14. The standard InChI is InChI=1S/C11H11ClN6O2/c1-6(7-3-2-4-8(5-7)18(19)20)14-11-16-9(12)15-10(13)17-11/h2-6H,1H3,(H3,13,14,15,16,17). The van der Waals surface area contributed by atoms with Crippen LogP contribution in [0, 0.1) is 10.1 Å². The van der Waals surface area contributed by atoms with Gasteiger partial charge in [-0.1, -0.05) is 12.1 Å². The average molecular weight is 295 g/mol. The van der Waals surface area contributed by atoms with E-state index in [9.17, 15) is 10.1 Å². The minimum Gasteiger partial charge on any atom is -0.368 e. The summed E-state index contributed by atoms with van der Waals surface area (Å²) in [6.07, 6.45) is 0. The SMILES string of the molecule is CC(Nc1nc(N)nc(Cl)n1)c1cccc([N+](=O)[O-])c1. The van der Waals surface area contributed by atoms with Crippen molar-refractivity contribution in [3.05, 3.63) is 45.2 Å². The Morgan fingerprint density at radius 3 is 2.80 bits per heavy atom. The Hall–Kier alpha value is -2.48. The van der Waals surface area contributed by atoms with Crippen LogP contribution in [0.2, 0.25) is 5.28 Å². The molecule has 1 heterocycles. The monoisotopic (exact) mass is 294 g/mol. The van der Waals surface area contributed by atoms with Crippen molar-refractivity contribution in [2.75, 3.05) is 11.1 Å². The molecule has 0 fully saturated rings. The second kappa shape index (κ2) is 5.66. The zero-order valence-corrected chi connectivity index (χ0v) is 11.2. The van der Waals surface area contributed by atoms with E-state index >= 15 is 0 Å². The zero-order chi connectivity index (χ0) is 14.7. The first kappa shape index (κ1) is 13.9. The molecule has 8 nitrogen and oxygen atoms in total. The molecule has 1 aromatic heterocycles. The van der Waals surface area contributed by atoms with Crippen molar-refractivity contribution in [1.82, 2.24) is 15.0 Å². The van der Waals surface area contributed by atoms with E-state index < -0.39 is 4.92 Å². The molecule has 1 aromatic carbocycles. The van der Waals surface area contributed by atoms with Crippen molar-refractivity contribution in [1.29, 1.82) is 0 Å². The molecule has 0 saturated heterocycles. The number of nitro groups is 1. The number of aromatic nitrogens is 3. The van der Waals surface area contributed by atoms with E-state index in [2.05, 4.69) is 20.3 Å². The number of nitrogen functional groups attached to an aromatic ring is 1. The van der Waals surface area contributed by atoms with Gasteiger partial charge in [0.1, 0.15) is 0 Å². The summed E-state index contributed by atoms with van der Waals surface area (Å²) in [5.74, 6) is 0.209. The Labute approximate surface area is 119 Å². The molecule has 0 saturated carbocycles. The van der Waals surface area contributed by atoms with Crippen LogP contribution in [-0.2, 0) is 0 Å². The molecule has 3 N–H and O–H groups in total. The fraction of sp³-hybridized carbons (Fsp3) is 0.182. The summed E-state index contributed by atoms with van der Waals surface area (Å²) in [6, 6.07) is 6.02. The lowest BCUT2D eigenvalue weighted by atomic mass is 10.1. The van der Waals surface area contributed by atoms with E-state index in [-0.39, 0.29) is 28.9 Å². The van der Waals surface area contributed by atoms with E-state index in [1.165, 1.54) is 12.1 Å². The van der Waals surface area contributed by atoms with Gasteiger partial charge in [-0.05, 0) is 24.1 Å². The molecule has 1 atom stereocenters. The third-order valence-electron chi connectivity index (χ3n) is 2.55. The van der Waals surface area contributed by atoms with Crippen LogP contribution in [0.5, 0.6) is 0 Å². The first-order chi connectivity index (χ1) is 9.45. The lowest BCUT2D eigenvalue weighted by Crippen LogP contribution is -2.11. The number of anilines is 2. The molecule has 0 bridgehead atoms. The molecule has 1 unspecified atom stereocenters. The largest absolute Gasteiger partial charge is 0.368 e. The van der Waals surface area contributed by atoms with Gasteiger partial charge in [0.05, 0.1) is 11.0 Å². The van der Waals surface area contributed by atoms with Crippen molar-refractivity contribution in [3.63, 3.8) is 0 Å². The van der Waals surface area contributed by atoms with Crippen LogP contribution in [0.1, 0.15) is 18.5 Å². The van der Waals surface area contributed by atoms with Crippen LogP contribution in [0.25, 0.3) is 0 Å². The molecular weight excluding hydrogens is 284 g/mol. The Balaban J connectivity index is 2.21. The molecule has 0 aliphatic rings. The molecular formula is C11H11ClN6O2. The number of rotatable bonds is 4. The van der Waals surface area contributed by atoms with Gasteiger partial charge in [-0.2, -0.15) is 15.0 Å². The molecule has 2 rings (SSSR count). The number of nitrogens with zero attached hydrogens (tertiary/aromatic N) is 4. The van der Waals surface area contributed by atoms with E-state index in [4.69, 9.17) is 17.3 Å². The Morgan fingerprint density at radius 2 is 2.15 bits per heavy atom. The molecule has 9 heteroatoms. The summed E-state index contributed by atoms with van der Waals surface area (Å²) in [6.45, 7) is 1.81. The number of benzene rings is 1. The van der Waals surface area contributed by atoms with Gasteiger partial charge >= 0.3 is 0 Å². The van der Waals surface area contributed by atoms with E-state index in [1.54, 1.807) is 12.1 Å². The highest BCUT2D eigenvalue weighted by Gasteiger charge is 2.12. The fourth-order valence-electron chi connectivity index (χ4n) is 1.61. The molecule has 0 aliphatic heterocycles. The van der Waals surface area contributed by atoms with Gasteiger partial charge in [0.15, 0.2) is 0 Å². The Morgan fingerprint density at radius 1 is 1.40 bits per heavy atom. The van der Waals surface area contributed by atoms with Crippen molar-refractivity contribution < 1.29 is 4.92 Å². The van der Waals surface area contributed by atoms with Crippen molar-refractivity contribution >= 4 is 29.2 Å². The molecule has 0 amide bonds. The fourth-order valence-corrected chi connectivity index (χ4v) is 1.78. The minimum absolute atomic E-state index is 0.00116. The number of nitrogens with one attached hydrogen (secondary N) is 1. The molecule has 0 aliphatic carbocycles. The van der Waals surface area contributed by atoms with E-state index in [0.29, 0.717) is 5.56 Å². The highest BCUT2D eigenvalue weighted by atomic mass is 35.5. The molecule has 20 heavy (non-hydrogen) atoms. The van der Waals surface area contributed by atoms with Crippen molar-refractivity contribution in [2.45, 2.75) is 13.0 Å². The maximum atomic E-state index is 10.7. The maximum absolute atomic E-state index is 10.7. The second-order valence-electron chi connectivity index (χ2n) is 4.00. The topological polar surface area (TPSA) is 120 Å². The van der Waals surface area contributed by atoms with Crippen LogP contribution in [0.15, 0.2) is 24.3 Å². The molecule has 104 valence electrons. The predicted molar refractivity (Wildman–Crippen MR) is 74.4 cm³/mol. The number of halogens is 1. The van der Waals surface area contributed by atoms with Crippen LogP contribution in [-0.4, -0.2) is 19.9 Å². The van der Waals surface area contributed by atoms with Gasteiger partial charge in [0, 0.05) is 12.1 Å². The minimum atomic E-state index is -0.450. The first-order valence-corrected chi connectivity index (χ1v) is 6.01. The van der Waals surface area contributed by atoms with E-state index in [0.717, 1.165) is 0 Å². The van der Waals surface area contributed by atoms with Crippen molar-refractivity contribution in [2.24, 2.45) is 0 Å². The van der Waals surface area contributed by atoms with Crippen LogP contribution in [0.3, 0.4) is 0 Å². The van der Waals surface area contributed by atoms with Gasteiger partial charge in [-0.25, -0.2) is 0 Å². The highest BCUT2D eigenvalue weighted by Crippen LogP contribution is 2.21. The normalized spacial score (nSPS) is 11.9. The van der Waals surface area contributed by atoms with Gasteiger partial charge < -0.3 is 11.1 Å². The van der Waals surface area contributed by atoms with Gasteiger partial charge in [0.2, 0.25) is 17.2 Å². The second-order valence-corrected chi connectivity index (χ2v) is 4.34. The predicted octanol–water partition coefficient (Wildman–Crippen LogP) is 2.19. The lowest BCUT2D eigenvalue weighted by molar-refractivity contribution is -0.384. The van der Waals surface area contributed by atoms with Crippen LogP contribution in [0.4, 0.5) is 17.6 Å². The smallest absolute Gasteiger partial charge is 0.269 e. The maximum Gasteiger partial charge on any atom is 0.269 e. The molecule has 0 spiro atoms. The van der Waals surface area contributed by atoms with Crippen molar-refractivity contribution in [3.8, 4) is 0 Å². The Bertz CT molecular complexity index is 630. The summed E-state index contributed by atoms with van der Waals surface area (Å²) < 4.78 is 0. The summed E-state index contributed by atoms with van der Waals surface area (Å²) >= 11 is 5.67. The summed E-state index contributed by atoms with van der Waals surface area (Å²) in [5, 5.41) is 13.7. The Kier molecular flexibility index (Phi) is 3.94. The average Bonchev–Trinajstić information content (AvgIpc) is 2.37. The third-order valence-corrected chi connectivity index (χ3v) is 2.72. The van der Waals surface area contributed by atoms with Crippen LogP contribution < -0.4 is 11.1 Å². The summed E-state index contributed by atoms with van der Waals surface area (Å²) in [5.41, 5.74) is 6.20. The van der Waals surface area contributed by atoms with Gasteiger partial charge in [-0.3, -0.25) is 10.1 Å². The van der Waals surface area contributed by atoms with Crippen LogP contribution >= 0.6 is 11.6 Å². The van der Waals surface area contributed by atoms with Gasteiger partial charge in [-0.15, -0.1) is 0 Å². The number of hydrogen-bond acceptors (Lipinski definition) is 7. The summed E-state index contributed by atoms with van der Waals surface area (Å²) in [7, 11) is 0. The third kappa shape index (κ3) is 3.29. The number of non-ortho nitro benzene ring substituents is 1. The van der Waals surface area contributed by atoms with Gasteiger partial charge in [0.25, 0.3) is 5.69 Å². The number of nitrogens with two attached hydrogens (primary N) is 1. The van der Waals surface area contributed by atoms with E-state index in [1.807, 2.05) is 6.92 Å². The zero-order valence-electron chi connectivity index (χ0n) is 10.4. The summed E-state index contributed by atoms with van der Waals surface area (Å²) in [4.78, 5) is 21.7. The quantitative estimate of drug-likeness (QED) is 0.655. The highest BCUT2D eigenvalue weighted by molar-refractivity contribution is 6.28. The number of hydrogen-bond donors (Lipinski definition) is 2. The first-order valence-electron chi connectivity index (χ1n) is 5.63. The molecule has 0 radical (unpaired) electrons. The molecule has 2 aromatic rings.